The molecule has 0 heterocycles. The molecule has 0 saturated heterocycles. The number of nitrogens with one attached hydrogen (secondary N) is 2. The zero-order valence-electron chi connectivity index (χ0n) is 9.10. The van der Waals surface area contributed by atoms with Gasteiger partial charge in [0.15, 0.2) is 0 Å². The summed E-state index contributed by atoms with van der Waals surface area (Å²) in [6, 6.07) is 0. The first kappa shape index (κ1) is 12.4. The van der Waals surface area contributed by atoms with Crippen molar-refractivity contribution in [1.29, 1.82) is 0 Å². The molecule has 0 aliphatic carbocycles. The van der Waals surface area contributed by atoms with Crippen molar-refractivity contribution >= 4 is 5.91 Å². The van der Waals surface area contributed by atoms with Crippen LogP contribution in [0, 0.1) is 5.92 Å². The summed E-state index contributed by atoms with van der Waals surface area (Å²) < 4.78 is 0. The second kappa shape index (κ2) is 5.19. The predicted molar refractivity (Wildman–Crippen MR) is 52.1 cm³/mol. The van der Waals surface area contributed by atoms with Gasteiger partial charge in [-0.2, -0.15) is 0 Å². The fourth-order valence-electron chi connectivity index (χ4n) is 0.515. The summed E-state index contributed by atoms with van der Waals surface area (Å²) in [7, 11) is 1.74. The third kappa shape index (κ3) is 4.85. The molecule has 13 heavy (non-hydrogen) atoms. The lowest BCUT2D eigenvalue weighted by molar-refractivity contribution is -0.139. The SMILES string of the molecule is CNC(C)(C)C(=O)NOCC(C)C. The van der Waals surface area contributed by atoms with E-state index < -0.39 is 5.54 Å². The molecule has 0 unspecified atom stereocenters. The molecule has 0 aliphatic heterocycles. The Morgan fingerprint density at radius 2 is 2.00 bits per heavy atom. The Morgan fingerprint density at radius 1 is 1.46 bits per heavy atom. The van der Waals surface area contributed by atoms with Crippen molar-refractivity contribution in [3.05, 3.63) is 0 Å². The van der Waals surface area contributed by atoms with Crippen LogP contribution in [0.3, 0.4) is 0 Å². The van der Waals surface area contributed by atoms with Gasteiger partial charge in [-0.1, -0.05) is 13.8 Å². The minimum atomic E-state index is -0.586. The molecule has 0 aromatic rings. The van der Waals surface area contributed by atoms with Crippen LogP contribution in [-0.4, -0.2) is 25.1 Å². The Morgan fingerprint density at radius 3 is 2.38 bits per heavy atom. The van der Waals surface area contributed by atoms with Crippen molar-refractivity contribution in [2.45, 2.75) is 33.2 Å². The average molecular weight is 188 g/mol. The van der Waals surface area contributed by atoms with Crippen LogP contribution in [0.5, 0.6) is 0 Å². The molecule has 0 aliphatic rings. The largest absolute Gasteiger partial charge is 0.307 e. The second-order valence-electron chi connectivity index (χ2n) is 4.01. The highest BCUT2D eigenvalue weighted by molar-refractivity contribution is 5.84. The first-order chi connectivity index (χ1) is 5.90. The number of amides is 1. The number of hydrogen-bond acceptors (Lipinski definition) is 3. The first-order valence-electron chi connectivity index (χ1n) is 4.51. The number of hydroxylamine groups is 1. The monoisotopic (exact) mass is 188 g/mol. The summed E-state index contributed by atoms with van der Waals surface area (Å²) in [5.74, 6) is 0.258. The summed E-state index contributed by atoms with van der Waals surface area (Å²) in [5, 5.41) is 2.89. The van der Waals surface area contributed by atoms with E-state index in [4.69, 9.17) is 4.84 Å². The number of hydrogen-bond donors (Lipinski definition) is 2. The number of carbonyl (C=O) groups excluding carboxylic acids is 1. The highest BCUT2D eigenvalue weighted by Crippen LogP contribution is 2.00. The van der Waals surface area contributed by atoms with Crippen LogP contribution >= 0.6 is 0 Å². The molecule has 0 fully saturated rings. The normalized spacial score (nSPS) is 11.8. The van der Waals surface area contributed by atoms with E-state index in [1.54, 1.807) is 20.9 Å². The van der Waals surface area contributed by atoms with Gasteiger partial charge in [-0.3, -0.25) is 9.63 Å². The molecule has 1 amide bonds. The van der Waals surface area contributed by atoms with Crippen LogP contribution < -0.4 is 10.8 Å². The number of carbonyl (C=O) groups is 1. The Hall–Kier alpha value is -0.610. The molecule has 0 aromatic heterocycles. The van der Waals surface area contributed by atoms with Crippen molar-refractivity contribution in [1.82, 2.24) is 10.8 Å². The molecule has 0 bridgehead atoms. The molecule has 0 atom stereocenters. The first-order valence-corrected chi connectivity index (χ1v) is 4.51. The van der Waals surface area contributed by atoms with E-state index in [2.05, 4.69) is 10.8 Å². The highest BCUT2D eigenvalue weighted by Gasteiger charge is 2.25. The molecule has 78 valence electrons. The molecule has 4 heteroatoms. The Balaban J connectivity index is 3.75. The van der Waals surface area contributed by atoms with Crippen LogP contribution in [0.25, 0.3) is 0 Å². The molecule has 0 aromatic carbocycles. The molecule has 2 N–H and O–H groups in total. The van der Waals surface area contributed by atoms with Gasteiger partial charge < -0.3 is 5.32 Å². The number of rotatable bonds is 5. The average Bonchev–Trinajstić information content (AvgIpc) is 2.03. The zero-order chi connectivity index (χ0) is 10.5. The summed E-state index contributed by atoms with van der Waals surface area (Å²) in [6.45, 7) is 8.17. The van der Waals surface area contributed by atoms with E-state index in [0.717, 1.165) is 0 Å². The maximum Gasteiger partial charge on any atom is 0.263 e. The smallest absolute Gasteiger partial charge is 0.263 e. The van der Waals surface area contributed by atoms with E-state index in [1.807, 2.05) is 13.8 Å². The van der Waals surface area contributed by atoms with E-state index in [-0.39, 0.29) is 5.91 Å². The van der Waals surface area contributed by atoms with Gasteiger partial charge in [-0.05, 0) is 26.8 Å². The Kier molecular flexibility index (Phi) is 4.95. The van der Waals surface area contributed by atoms with E-state index in [9.17, 15) is 4.79 Å². The minimum Gasteiger partial charge on any atom is -0.307 e. The van der Waals surface area contributed by atoms with Gasteiger partial charge in [0.1, 0.15) is 0 Å². The van der Waals surface area contributed by atoms with Gasteiger partial charge in [0.2, 0.25) is 0 Å². The maximum absolute atomic E-state index is 11.4. The lowest BCUT2D eigenvalue weighted by Gasteiger charge is -2.22. The maximum atomic E-state index is 11.4. The second-order valence-corrected chi connectivity index (χ2v) is 4.01. The fourth-order valence-corrected chi connectivity index (χ4v) is 0.515. The van der Waals surface area contributed by atoms with Crippen LogP contribution in [0.2, 0.25) is 0 Å². The summed E-state index contributed by atoms with van der Waals surface area (Å²) in [4.78, 5) is 16.4. The van der Waals surface area contributed by atoms with Crippen molar-refractivity contribution < 1.29 is 9.63 Å². The number of likely N-dealkylation sites (N-methyl/N-ethyl adjacent to an activating group) is 1. The minimum absolute atomic E-state index is 0.157. The van der Waals surface area contributed by atoms with E-state index >= 15 is 0 Å². The predicted octanol–water partition coefficient (Wildman–Crippen LogP) is 0.688. The summed E-state index contributed by atoms with van der Waals surface area (Å²) >= 11 is 0. The van der Waals surface area contributed by atoms with Crippen LogP contribution in [0.15, 0.2) is 0 Å². The lowest BCUT2D eigenvalue weighted by Crippen LogP contribution is -2.51. The topological polar surface area (TPSA) is 50.4 Å². The molecule has 0 saturated carbocycles. The van der Waals surface area contributed by atoms with E-state index in [0.29, 0.717) is 12.5 Å². The summed E-state index contributed by atoms with van der Waals surface area (Å²) in [5.41, 5.74) is 1.82. The highest BCUT2D eigenvalue weighted by atomic mass is 16.7. The molecule has 4 nitrogen and oxygen atoms in total. The van der Waals surface area contributed by atoms with Gasteiger partial charge in [-0.15, -0.1) is 0 Å². The standard InChI is InChI=1S/C9H20N2O2/c1-7(2)6-13-11-8(12)9(3,4)10-5/h7,10H,6H2,1-5H3,(H,11,12). The Labute approximate surface area is 80.0 Å². The quantitative estimate of drug-likeness (QED) is 0.624. The third-order valence-corrected chi connectivity index (χ3v) is 1.77. The van der Waals surface area contributed by atoms with Gasteiger partial charge in [0, 0.05) is 0 Å². The third-order valence-electron chi connectivity index (χ3n) is 1.77. The van der Waals surface area contributed by atoms with Crippen molar-refractivity contribution in [3.63, 3.8) is 0 Å². The lowest BCUT2D eigenvalue weighted by atomic mass is 10.1. The molecular formula is C9H20N2O2. The van der Waals surface area contributed by atoms with Gasteiger partial charge >= 0.3 is 0 Å². The van der Waals surface area contributed by atoms with Crippen LogP contribution in [0.4, 0.5) is 0 Å². The molecule has 0 radical (unpaired) electrons. The summed E-state index contributed by atoms with van der Waals surface area (Å²) in [6.07, 6.45) is 0. The van der Waals surface area contributed by atoms with Crippen molar-refractivity contribution in [2.24, 2.45) is 5.92 Å². The fraction of sp³-hybridized carbons (Fsp3) is 0.889. The van der Waals surface area contributed by atoms with Crippen molar-refractivity contribution in [3.8, 4) is 0 Å². The van der Waals surface area contributed by atoms with Gasteiger partial charge in [0.25, 0.3) is 5.91 Å². The van der Waals surface area contributed by atoms with E-state index in [1.165, 1.54) is 0 Å². The van der Waals surface area contributed by atoms with Crippen molar-refractivity contribution in [2.75, 3.05) is 13.7 Å². The molecule has 0 rings (SSSR count). The van der Waals surface area contributed by atoms with Crippen LogP contribution in [0.1, 0.15) is 27.7 Å². The van der Waals surface area contributed by atoms with Gasteiger partial charge in [0.05, 0.1) is 12.1 Å². The molecular weight excluding hydrogens is 168 g/mol. The van der Waals surface area contributed by atoms with Crippen LogP contribution in [-0.2, 0) is 9.63 Å². The Bertz CT molecular complexity index is 167. The van der Waals surface area contributed by atoms with Gasteiger partial charge in [-0.25, -0.2) is 5.48 Å². The molecule has 0 spiro atoms. The zero-order valence-corrected chi connectivity index (χ0v) is 9.10.